The van der Waals surface area contributed by atoms with Crippen molar-refractivity contribution >= 4 is 21.7 Å². The first-order chi connectivity index (χ1) is 18.2. The van der Waals surface area contributed by atoms with Gasteiger partial charge in [0.2, 0.25) is 16.0 Å². The van der Waals surface area contributed by atoms with Gasteiger partial charge in [-0.3, -0.25) is 10.0 Å². The Morgan fingerprint density at radius 2 is 1.95 bits per heavy atom. The maximum Gasteiger partial charge on any atom is 0.416 e. The summed E-state index contributed by atoms with van der Waals surface area (Å²) >= 11 is 0. The second-order valence-corrected chi connectivity index (χ2v) is 10.6. The first-order valence-corrected chi connectivity index (χ1v) is 13.3. The number of guanidine groups is 1. The average Bonchev–Trinajstić information content (AvgIpc) is 2.85. The number of hydrogen-bond acceptors (Lipinski definition) is 8. The lowest BCUT2D eigenvalue weighted by atomic mass is 9.84. The number of nitriles is 1. The molecule has 0 aromatic heterocycles. The zero-order chi connectivity index (χ0) is 29.0. The van der Waals surface area contributed by atoms with Crippen LogP contribution in [-0.2, 0) is 32.2 Å². The van der Waals surface area contributed by atoms with E-state index in [9.17, 15) is 32.0 Å². The van der Waals surface area contributed by atoms with E-state index in [1.165, 1.54) is 51.5 Å². The van der Waals surface area contributed by atoms with E-state index in [2.05, 4.69) is 20.3 Å². The molecule has 1 aliphatic rings. The molecule has 3 rings (SSSR count). The number of aliphatic imine (C=N–C) groups is 1. The van der Waals surface area contributed by atoms with Crippen LogP contribution in [0, 0.1) is 11.5 Å². The summed E-state index contributed by atoms with van der Waals surface area (Å²) in [4.78, 5) is 4.20. The molecule has 0 radical (unpaired) electrons. The van der Waals surface area contributed by atoms with Crippen molar-refractivity contribution in [1.29, 1.82) is 5.26 Å². The van der Waals surface area contributed by atoms with E-state index in [1.54, 1.807) is 6.19 Å². The van der Waals surface area contributed by atoms with Crippen LogP contribution < -0.4 is 20.1 Å². The third kappa shape index (κ3) is 7.09. The van der Waals surface area contributed by atoms with Gasteiger partial charge in [-0.2, -0.15) is 18.4 Å². The third-order valence-electron chi connectivity index (χ3n) is 5.92. The molecule has 15 heteroatoms. The van der Waals surface area contributed by atoms with Crippen molar-refractivity contribution in [3.05, 3.63) is 59.2 Å². The highest BCUT2D eigenvalue weighted by atomic mass is 32.2. The van der Waals surface area contributed by atoms with Gasteiger partial charge in [0.25, 0.3) is 0 Å². The fraction of sp³-hybridized carbons (Fsp3) is 0.417. The van der Waals surface area contributed by atoms with Crippen molar-refractivity contribution in [3.8, 4) is 11.9 Å². The maximum absolute atomic E-state index is 13.1. The summed E-state index contributed by atoms with van der Waals surface area (Å²) in [6.45, 7) is 1.30. The number of fused-ring (bicyclic) bond motifs is 1. The molecule has 0 saturated heterocycles. The van der Waals surface area contributed by atoms with Crippen LogP contribution in [0.3, 0.4) is 0 Å². The molecule has 0 amide bonds. The number of alkyl halides is 3. The van der Waals surface area contributed by atoms with Crippen molar-refractivity contribution in [2.45, 2.75) is 43.7 Å². The molecule has 3 atom stereocenters. The molecule has 11 nitrogen and oxygen atoms in total. The molecule has 2 aromatic rings. The molecule has 4 N–H and O–H groups in total. The quantitative estimate of drug-likeness (QED) is 0.123. The molecule has 0 spiro atoms. The van der Waals surface area contributed by atoms with E-state index in [0.717, 1.165) is 18.4 Å². The number of aliphatic hydroxyl groups is 1. The van der Waals surface area contributed by atoms with Gasteiger partial charge in [0.1, 0.15) is 11.9 Å². The van der Waals surface area contributed by atoms with Gasteiger partial charge in [-0.1, -0.05) is 12.1 Å². The Bertz CT molecular complexity index is 1360. The lowest BCUT2D eigenvalue weighted by Gasteiger charge is -2.46. The van der Waals surface area contributed by atoms with E-state index in [0.29, 0.717) is 5.56 Å². The Balaban J connectivity index is 2.03. The standard InChI is InChI=1S/C24H28F3N5O6S/c1-23(21(36-2)37-3)20(33)19(17-11-16(32-39(4,34)35)8-9-18(17)38-23)31-22(30-13-28)29-12-14-6-5-7-15(10-14)24(25,26)27/h5-11,19-21,32-33H,12H2,1-4H3,(H2,29,30,31)/t19-,20+,23+/m1/s1. The van der Waals surface area contributed by atoms with Crippen LogP contribution in [0.15, 0.2) is 47.5 Å². The fourth-order valence-electron chi connectivity index (χ4n) is 4.21. The number of nitrogens with one attached hydrogen (secondary N) is 3. The SMILES string of the molecule is COC(OC)[C@@]1(C)Oc2ccc(NS(C)(=O)=O)cc2[C@@H](NC(=NCc2cccc(C(F)(F)F)c2)NC#N)[C@@H]1O. The second kappa shape index (κ2) is 11.7. The molecule has 0 unspecified atom stereocenters. The molecule has 1 aliphatic heterocycles. The lowest BCUT2D eigenvalue weighted by molar-refractivity contribution is -0.238. The second-order valence-electron chi connectivity index (χ2n) is 8.88. The maximum atomic E-state index is 13.1. The molecule has 0 bridgehead atoms. The normalized spacial score (nSPS) is 21.5. The van der Waals surface area contributed by atoms with Crippen LogP contribution in [0.1, 0.15) is 29.7 Å². The zero-order valence-corrected chi connectivity index (χ0v) is 22.2. The zero-order valence-electron chi connectivity index (χ0n) is 21.4. The summed E-state index contributed by atoms with van der Waals surface area (Å²) in [5.41, 5.74) is -1.66. The summed E-state index contributed by atoms with van der Waals surface area (Å²) in [5.74, 6) is 0.0784. The Hall–Kier alpha value is -3.58. The third-order valence-corrected chi connectivity index (χ3v) is 6.52. The summed E-state index contributed by atoms with van der Waals surface area (Å²) < 4.78 is 82.0. The summed E-state index contributed by atoms with van der Waals surface area (Å²) in [6, 6.07) is 7.86. The van der Waals surface area contributed by atoms with Gasteiger partial charge < -0.3 is 24.6 Å². The minimum atomic E-state index is -4.54. The summed E-state index contributed by atoms with van der Waals surface area (Å²) in [7, 11) is -0.931. The topological polar surface area (TPSA) is 154 Å². The smallest absolute Gasteiger partial charge is 0.416 e. The highest BCUT2D eigenvalue weighted by Crippen LogP contribution is 2.43. The van der Waals surface area contributed by atoms with E-state index in [1.807, 2.05) is 0 Å². The highest BCUT2D eigenvalue weighted by molar-refractivity contribution is 7.92. The molecule has 39 heavy (non-hydrogen) atoms. The Kier molecular flexibility index (Phi) is 8.96. The highest BCUT2D eigenvalue weighted by Gasteiger charge is 2.52. The molecule has 0 saturated carbocycles. The van der Waals surface area contributed by atoms with Gasteiger partial charge >= 0.3 is 6.18 Å². The Morgan fingerprint density at radius 1 is 1.26 bits per heavy atom. The van der Waals surface area contributed by atoms with Crippen molar-refractivity contribution < 1.29 is 40.9 Å². The van der Waals surface area contributed by atoms with E-state index in [4.69, 9.17) is 14.2 Å². The van der Waals surface area contributed by atoms with Crippen LogP contribution in [0.2, 0.25) is 0 Å². The van der Waals surface area contributed by atoms with Gasteiger partial charge in [-0.15, -0.1) is 0 Å². The van der Waals surface area contributed by atoms with Crippen molar-refractivity contribution in [2.75, 3.05) is 25.2 Å². The van der Waals surface area contributed by atoms with Crippen molar-refractivity contribution in [2.24, 2.45) is 4.99 Å². The number of halogens is 3. The predicted molar refractivity (Wildman–Crippen MR) is 135 cm³/mol. The number of anilines is 1. The minimum Gasteiger partial charge on any atom is -0.479 e. The molecular weight excluding hydrogens is 543 g/mol. The number of ether oxygens (including phenoxy) is 3. The Labute approximate surface area is 223 Å². The number of benzene rings is 2. The number of methoxy groups -OCH3 is 2. The van der Waals surface area contributed by atoms with Crippen molar-refractivity contribution in [1.82, 2.24) is 10.6 Å². The van der Waals surface area contributed by atoms with Crippen molar-refractivity contribution in [3.63, 3.8) is 0 Å². The van der Waals surface area contributed by atoms with Gasteiger partial charge in [0.05, 0.1) is 24.4 Å². The summed E-state index contributed by atoms with van der Waals surface area (Å²) in [5, 5.41) is 26.0. The molecule has 1 heterocycles. The summed E-state index contributed by atoms with van der Waals surface area (Å²) in [6.07, 6.45) is -4.36. The number of rotatable bonds is 8. The van der Waals surface area contributed by atoms with E-state index in [-0.39, 0.29) is 29.5 Å². The van der Waals surface area contributed by atoms with Crippen LogP contribution in [0.5, 0.6) is 5.75 Å². The largest absolute Gasteiger partial charge is 0.479 e. The monoisotopic (exact) mass is 571 g/mol. The molecule has 2 aromatic carbocycles. The fourth-order valence-corrected chi connectivity index (χ4v) is 4.76. The number of nitrogens with zero attached hydrogens (tertiary/aromatic N) is 2. The first-order valence-electron chi connectivity index (χ1n) is 11.4. The van der Waals surface area contributed by atoms with Crippen LogP contribution >= 0.6 is 0 Å². The number of hydrogen-bond donors (Lipinski definition) is 4. The molecule has 0 aliphatic carbocycles. The molecule has 212 valence electrons. The minimum absolute atomic E-state index is 0.165. The van der Waals surface area contributed by atoms with Gasteiger partial charge in [0.15, 0.2) is 18.1 Å². The van der Waals surface area contributed by atoms with Gasteiger partial charge in [-0.05, 0) is 42.8 Å². The van der Waals surface area contributed by atoms with E-state index >= 15 is 0 Å². The molecule has 0 fully saturated rings. The van der Waals surface area contributed by atoms with E-state index < -0.39 is 45.8 Å². The lowest BCUT2D eigenvalue weighted by Crippen LogP contribution is -2.62. The van der Waals surface area contributed by atoms with Crippen LogP contribution in [0.4, 0.5) is 18.9 Å². The number of aliphatic hydroxyl groups excluding tert-OH is 1. The van der Waals surface area contributed by atoms with Crippen LogP contribution in [-0.4, -0.2) is 58.0 Å². The van der Waals surface area contributed by atoms with Gasteiger partial charge in [0, 0.05) is 25.5 Å². The first kappa shape index (κ1) is 30.0. The Morgan fingerprint density at radius 3 is 2.54 bits per heavy atom. The average molecular weight is 572 g/mol. The van der Waals surface area contributed by atoms with Gasteiger partial charge in [-0.25, -0.2) is 13.4 Å². The molecular formula is C24H28F3N5O6S. The predicted octanol–water partition coefficient (Wildman–Crippen LogP) is 2.47. The van der Waals surface area contributed by atoms with Crippen LogP contribution in [0.25, 0.3) is 0 Å². The number of sulfonamides is 1.